The lowest BCUT2D eigenvalue weighted by Gasteiger charge is -2.24. The summed E-state index contributed by atoms with van der Waals surface area (Å²) in [5, 5.41) is 0. The molecule has 1 heterocycles. The van der Waals surface area contributed by atoms with E-state index in [4.69, 9.17) is 4.74 Å². The van der Waals surface area contributed by atoms with Crippen LogP contribution in [0.3, 0.4) is 0 Å². The van der Waals surface area contributed by atoms with Gasteiger partial charge in [-0.3, -0.25) is 4.79 Å². The number of ether oxygens (including phenoxy) is 2. The van der Waals surface area contributed by atoms with Crippen molar-refractivity contribution >= 4 is 11.8 Å². The number of nitrogens with zero attached hydrogens (tertiary/aromatic N) is 1. The first-order valence-corrected chi connectivity index (χ1v) is 5.44. The third-order valence-electron chi connectivity index (χ3n) is 2.39. The van der Waals surface area contributed by atoms with Gasteiger partial charge in [-0.15, -0.1) is 0 Å². The van der Waals surface area contributed by atoms with Gasteiger partial charge < -0.3 is 14.4 Å². The number of morpholine rings is 1. The van der Waals surface area contributed by atoms with Crippen molar-refractivity contribution in [2.45, 2.75) is 6.92 Å². The predicted molar refractivity (Wildman–Crippen MR) is 62.3 cm³/mol. The Balaban J connectivity index is 2.61. The smallest absolute Gasteiger partial charge is 0.341 e. The van der Waals surface area contributed by atoms with Crippen LogP contribution in [0.15, 0.2) is 23.9 Å². The fraction of sp³-hybridized carbons (Fsp3) is 0.500. The lowest BCUT2D eigenvalue weighted by molar-refractivity contribution is -0.137. The Hall–Kier alpha value is -1.62. The molecule has 1 fully saturated rings. The van der Waals surface area contributed by atoms with E-state index in [-0.39, 0.29) is 11.4 Å². The van der Waals surface area contributed by atoms with Gasteiger partial charge in [0, 0.05) is 13.1 Å². The molecule has 0 bridgehead atoms. The molecule has 94 valence electrons. The van der Waals surface area contributed by atoms with Gasteiger partial charge in [-0.2, -0.15) is 0 Å². The number of ketones is 1. The van der Waals surface area contributed by atoms with E-state index in [1.807, 2.05) is 6.20 Å². The van der Waals surface area contributed by atoms with Gasteiger partial charge in [-0.25, -0.2) is 4.79 Å². The van der Waals surface area contributed by atoms with Crippen LogP contribution < -0.4 is 0 Å². The number of Topliss-reactive ketones (excluding diaryl/α,β-unsaturated/α-hetero) is 1. The third kappa shape index (κ3) is 4.40. The third-order valence-corrected chi connectivity index (χ3v) is 2.39. The van der Waals surface area contributed by atoms with Crippen LogP contribution in [0.25, 0.3) is 0 Å². The Labute approximate surface area is 101 Å². The van der Waals surface area contributed by atoms with Crippen LogP contribution in [-0.2, 0) is 19.1 Å². The zero-order chi connectivity index (χ0) is 12.7. The molecule has 0 saturated carbocycles. The lowest BCUT2D eigenvalue weighted by atomic mass is 10.2. The number of hydrogen-bond donors (Lipinski definition) is 0. The molecule has 0 aromatic carbocycles. The highest BCUT2D eigenvalue weighted by Gasteiger charge is 2.13. The van der Waals surface area contributed by atoms with E-state index in [0.29, 0.717) is 13.2 Å². The van der Waals surface area contributed by atoms with Gasteiger partial charge in [-0.05, 0) is 25.3 Å². The molecular formula is C12H17NO4. The van der Waals surface area contributed by atoms with Crippen molar-refractivity contribution < 1.29 is 19.1 Å². The Bertz CT molecular complexity index is 340. The number of rotatable bonds is 4. The van der Waals surface area contributed by atoms with E-state index < -0.39 is 5.97 Å². The van der Waals surface area contributed by atoms with Gasteiger partial charge >= 0.3 is 5.97 Å². The normalized spacial score (nSPS) is 17.3. The minimum atomic E-state index is -0.607. The van der Waals surface area contributed by atoms with Crippen molar-refractivity contribution in [2.24, 2.45) is 0 Å². The fourth-order valence-electron chi connectivity index (χ4n) is 1.43. The highest BCUT2D eigenvalue weighted by molar-refractivity contribution is 6.16. The van der Waals surface area contributed by atoms with Gasteiger partial charge in [0.2, 0.25) is 0 Å². The summed E-state index contributed by atoms with van der Waals surface area (Å²) in [4.78, 5) is 24.5. The molecule has 0 atom stereocenters. The van der Waals surface area contributed by atoms with Crippen molar-refractivity contribution in [1.29, 1.82) is 0 Å². The van der Waals surface area contributed by atoms with Crippen molar-refractivity contribution in [3.8, 4) is 0 Å². The molecule has 1 aliphatic rings. The monoisotopic (exact) mass is 239 g/mol. The molecule has 0 aliphatic carbocycles. The minimum absolute atomic E-state index is 0.0528. The molecule has 0 spiro atoms. The molecule has 0 aromatic heterocycles. The topological polar surface area (TPSA) is 55.8 Å². The van der Waals surface area contributed by atoms with Crippen LogP contribution in [0.1, 0.15) is 6.92 Å². The van der Waals surface area contributed by atoms with Crippen LogP contribution in [0.2, 0.25) is 0 Å². The van der Waals surface area contributed by atoms with E-state index >= 15 is 0 Å². The summed E-state index contributed by atoms with van der Waals surface area (Å²) in [6.07, 6.45) is 5.00. The molecule has 0 unspecified atom stereocenters. The van der Waals surface area contributed by atoms with Gasteiger partial charge in [0.15, 0.2) is 5.78 Å². The first kappa shape index (κ1) is 13.4. The number of methoxy groups -OCH3 is 1. The van der Waals surface area contributed by atoms with E-state index in [1.54, 1.807) is 6.08 Å². The van der Waals surface area contributed by atoms with Crippen LogP contribution in [-0.4, -0.2) is 50.1 Å². The maximum Gasteiger partial charge on any atom is 0.341 e. The summed E-state index contributed by atoms with van der Waals surface area (Å²) in [5.74, 6) is -0.910. The summed E-state index contributed by atoms with van der Waals surface area (Å²) in [6.45, 7) is 4.37. The molecule has 1 aliphatic heterocycles. The Kier molecular flexibility index (Phi) is 5.42. The van der Waals surface area contributed by atoms with E-state index in [2.05, 4.69) is 9.64 Å². The second-order valence-corrected chi connectivity index (χ2v) is 3.62. The minimum Gasteiger partial charge on any atom is -0.465 e. The molecule has 17 heavy (non-hydrogen) atoms. The van der Waals surface area contributed by atoms with Crippen LogP contribution in [0.5, 0.6) is 0 Å². The largest absolute Gasteiger partial charge is 0.465 e. The van der Waals surface area contributed by atoms with E-state index in [1.165, 1.54) is 20.1 Å². The van der Waals surface area contributed by atoms with E-state index in [9.17, 15) is 9.59 Å². The van der Waals surface area contributed by atoms with Gasteiger partial charge in [0.05, 0.1) is 20.3 Å². The standard InChI is InChI=1S/C12H17NO4/c1-10(14)11(12(15)16-2)4-3-5-13-6-8-17-9-7-13/h3-5H,6-9H2,1-2H3/b5-3+,11-4-. The SMILES string of the molecule is COC(=O)/C(=C\C=C\N1CCOCC1)C(C)=O. The number of hydrogen-bond acceptors (Lipinski definition) is 5. The molecular weight excluding hydrogens is 222 g/mol. The molecule has 5 heteroatoms. The maximum absolute atomic E-state index is 11.3. The molecule has 0 amide bonds. The second-order valence-electron chi connectivity index (χ2n) is 3.62. The Morgan fingerprint density at radius 1 is 1.29 bits per heavy atom. The Morgan fingerprint density at radius 2 is 1.94 bits per heavy atom. The van der Waals surface area contributed by atoms with Crippen molar-refractivity contribution in [1.82, 2.24) is 4.90 Å². The Morgan fingerprint density at radius 3 is 2.47 bits per heavy atom. The lowest BCUT2D eigenvalue weighted by Crippen LogP contribution is -2.31. The fourth-order valence-corrected chi connectivity index (χ4v) is 1.43. The number of allylic oxidation sites excluding steroid dienone is 2. The first-order valence-electron chi connectivity index (χ1n) is 5.44. The van der Waals surface area contributed by atoms with Gasteiger partial charge in [-0.1, -0.05) is 0 Å². The number of esters is 1. The molecule has 5 nitrogen and oxygen atoms in total. The maximum atomic E-state index is 11.3. The summed E-state index contributed by atoms with van der Waals surface area (Å²) in [7, 11) is 1.25. The van der Waals surface area contributed by atoms with Crippen LogP contribution in [0.4, 0.5) is 0 Å². The molecule has 1 rings (SSSR count). The summed E-state index contributed by atoms with van der Waals surface area (Å²) < 4.78 is 9.72. The van der Waals surface area contributed by atoms with Crippen molar-refractivity contribution in [3.63, 3.8) is 0 Å². The zero-order valence-electron chi connectivity index (χ0n) is 10.1. The molecule has 0 N–H and O–H groups in total. The predicted octanol–water partition coefficient (Wildman–Crippen LogP) is 0.521. The summed E-state index contributed by atoms with van der Waals surface area (Å²) >= 11 is 0. The van der Waals surface area contributed by atoms with Gasteiger partial charge in [0.25, 0.3) is 0 Å². The van der Waals surface area contributed by atoms with Crippen LogP contribution >= 0.6 is 0 Å². The second kappa shape index (κ2) is 6.85. The average Bonchev–Trinajstić information content (AvgIpc) is 2.34. The van der Waals surface area contributed by atoms with Crippen LogP contribution in [0, 0.1) is 0 Å². The zero-order valence-corrected chi connectivity index (χ0v) is 10.1. The molecule has 0 aromatic rings. The number of carbonyl (C=O) groups is 2. The van der Waals surface area contributed by atoms with E-state index in [0.717, 1.165) is 13.1 Å². The highest BCUT2D eigenvalue weighted by Crippen LogP contribution is 2.02. The molecule has 0 radical (unpaired) electrons. The van der Waals surface area contributed by atoms with Crippen molar-refractivity contribution in [3.05, 3.63) is 23.9 Å². The average molecular weight is 239 g/mol. The van der Waals surface area contributed by atoms with Gasteiger partial charge in [0.1, 0.15) is 5.57 Å². The number of carbonyl (C=O) groups excluding carboxylic acids is 2. The first-order chi connectivity index (χ1) is 8.15. The van der Waals surface area contributed by atoms with Crippen molar-refractivity contribution in [2.75, 3.05) is 33.4 Å². The quantitative estimate of drug-likeness (QED) is 0.235. The highest BCUT2D eigenvalue weighted by atomic mass is 16.5. The summed E-state index contributed by atoms with van der Waals surface area (Å²) in [5.41, 5.74) is 0.0528. The summed E-state index contributed by atoms with van der Waals surface area (Å²) in [6, 6.07) is 0. The molecule has 1 saturated heterocycles.